The van der Waals surface area contributed by atoms with Gasteiger partial charge >= 0.3 is 0 Å². The topological polar surface area (TPSA) is 6.48 Å². The first-order chi connectivity index (χ1) is 17.8. The minimum Gasteiger partial charge on any atom is -0.356 e. The highest BCUT2D eigenvalue weighted by Crippen LogP contribution is 2.25. The van der Waals surface area contributed by atoms with Gasteiger partial charge in [-0.2, -0.15) is 0 Å². The molecule has 1 aromatic rings. The lowest BCUT2D eigenvalue weighted by Gasteiger charge is -2.33. The van der Waals surface area contributed by atoms with E-state index in [4.69, 9.17) is 0 Å². The summed E-state index contributed by atoms with van der Waals surface area (Å²) in [5, 5.41) is 0. The molecule has 1 atom stereocenters. The molecule has 1 aromatic carbocycles. The lowest BCUT2D eigenvalue weighted by Crippen LogP contribution is -2.38. The van der Waals surface area contributed by atoms with Crippen molar-refractivity contribution < 1.29 is 0 Å². The molecule has 2 nitrogen and oxygen atoms in total. The van der Waals surface area contributed by atoms with Crippen molar-refractivity contribution in [2.45, 2.75) is 161 Å². The maximum Gasteiger partial charge on any atom is 0.101 e. The Morgan fingerprint density at radius 2 is 0.944 bits per heavy atom. The Kier molecular flexibility index (Phi) is 18.5. The van der Waals surface area contributed by atoms with E-state index in [1.807, 2.05) is 0 Å². The lowest BCUT2D eigenvalue weighted by molar-refractivity contribution is 0.132. The molecule has 2 rings (SSSR count). The Bertz CT molecular complexity index is 625. The van der Waals surface area contributed by atoms with Crippen LogP contribution in [-0.4, -0.2) is 22.5 Å². The standard InChI is InChI=1S/C34H60N2/c1-3-5-7-9-11-13-14-15-16-18-20-25-29-35-30-31-36(32-33-26-22-21-23-27-33)34(35)28-24-19-17-12-10-8-6-4-2/h21-23,26-27,30-31,34H,3-20,24-25,28-29,32H2,1-2H3. The van der Waals surface area contributed by atoms with Gasteiger partial charge in [-0.3, -0.25) is 0 Å². The van der Waals surface area contributed by atoms with Crippen molar-refractivity contribution in [2.24, 2.45) is 0 Å². The van der Waals surface area contributed by atoms with Gasteiger partial charge in [0.1, 0.15) is 6.17 Å². The van der Waals surface area contributed by atoms with Crippen molar-refractivity contribution in [3.63, 3.8) is 0 Å². The van der Waals surface area contributed by atoms with Gasteiger partial charge in [0.25, 0.3) is 0 Å². The van der Waals surface area contributed by atoms with Crippen LogP contribution < -0.4 is 0 Å². The molecule has 0 spiro atoms. The number of hydrogen-bond acceptors (Lipinski definition) is 2. The Morgan fingerprint density at radius 3 is 1.47 bits per heavy atom. The van der Waals surface area contributed by atoms with E-state index in [9.17, 15) is 0 Å². The largest absolute Gasteiger partial charge is 0.356 e. The van der Waals surface area contributed by atoms with Crippen molar-refractivity contribution in [1.29, 1.82) is 0 Å². The third-order valence-electron chi connectivity index (χ3n) is 8.01. The molecule has 1 heterocycles. The fourth-order valence-corrected chi connectivity index (χ4v) is 5.66. The second kappa shape index (κ2) is 21.6. The quantitative estimate of drug-likeness (QED) is 0.131. The zero-order valence-electron chi connectivity index (χ0n) is 24.3. The second-order valence-electron chi connectivity index (χ2n) is 11.3. The molecule has 1 unspecified atom stereocenters. The second-order valence-corrected chi connectivity index (χ2v) is 11.3. The van der Waals surface area contributed by atoms with Crippen LogP contribution in [0.15, 0.2) is 42.7 Å². The van der Waals surface area contributed by atoms with Crippen LogP contribution in [0.3, 0.4) is 0 Å². The Labute approximate surface area is 225 Å². The van der Waals surface area contributed by atoms with E-state index < -0.39 is 0 Å². The van der Waals surface area contributed by atoms with Crippen molar-refractivity contribution in [2.75, 3.05) is 6.54 Å². The van der Waals surface area contributed by atoms with E-state index in [1.54, 1.807) is 0 Å². The van der Waals surface area contributed by atoms with Crippen LogP contribution in [0.25, 0.3) is 0 Å². The molecule has 36 heavy (non-hydrogen) atoms. The van der Waals surface area contributed by atoms with Crippen LogP contribution in [-0.2, 0) is 6.54 Å². The maximum absolute atomic E-state index is 2.65. The molecule has 0 aliphatic carbocycles. The predicted molar refractivity (Wildman–Crippen MR) is 160 cm³/mol. The Morgan fingerprint density at radius 1 is 0.500 bits per heavy atom. The molecular weight excluding hydrogens is 436 g/mol. The van der Waals surface area contributed by atoms with Crippen LogP contribution in [0.2, 0.25) is 0 Å². The average Bonchev–Trinajstić information content (AvgIpc) is 3.27. The fourth-order valence-electron chi connectivity index (χ4n) is 5.66. The zero-order chi connectivity index (χ0) is 25.5. The van der Waals surface area contributed by atoms with E-state index in [0.717, 1.165) is 6.54 Å². The first-order valence-corrected chi connectivity index (χ1v) is 16.1. The number of benzene rings is 1. The number of nitrogens with zero attached hydrogens (tertiary/aromatic N) is 2. The highest BCUT2D eigenvalue weighted by molar-refractivity contribution is 5.16. The van der Waals surface area contributed by atoms with Crippen molar-refractivity contribution >= 4 is 0 Å². The van der Waals surface area contributed by atoms with Crippen LogP contribution in [0.5, 0.6) is 0 Å². The van der Waals surface area contributed by atoms with Crippen molar-refractivity contribution in [3.05, 3.63) is 48.3 Å². The summed E-state index contributed by atoms with van der Waals surface area (Å²) in [5.41, 5.74) is 1.43. The number of unbranched alkanes of at least 4 members (excludes halogenated alkanes) is 18. The molecule has 0 saturated heterocycles. The average molecular weight is 497 g/mol. The van der Waals surface area contributed by atoms with Crippen LogP contribution in [0, 0.1) is 0 Å². The van der Waals surface area contributed by atoms with Crippen molar-refractivity contribution in [3.8, 4) is 0 Å². The number of hydrogen-bond donors (Lipinski definition) is 0. The Hall–Kier alpha value is -1.44. The molecule has 0 aromatic heterocycles. The third kappa shape index (κ3) is 14.3. The summed E-state index contributed by atoms with van der Waals surface area (Å²) >= 11 is 0. The van der Waals surface area contributed by atoms with E-state index in [2.05, 4.69) is 66.4 Å². The highest BCUT2D eigenvalue weighted by Gasteiger charge is 2.25. The Balaban J connectivity index is 1.62. The molecule has 0 fully saturated rings. The third-order valence-corrected chi connectivity index (χ3v) is 8.01. The molecule has 1 aliphatic rings. The lowest BCUT2D eigenvalue weighted by atomic mass is 10.0. The van der Waals surface area contributed by atoms with Crippen LogP contribution in [0.1, 0.15) is 154 Å². The molecule has 0 radical (unpaired) electrons. The smallest absolute Gasteiger partial charge is 0.101 e. The van der Waals surface area contributed by atoms with Gasteiger partial charge in [0.05, 0.1) is 0 Å². The monoisotopic (exact) mass is 496 g/mol. The summed E-state index contributed by atoms with van der Waals surface area (Å²) in [4.78, 5) is 5.25. The molecule has 0 amide bonds. The van der Waals surface area contributed by atoms with Gasteiger partial charge in [-0.05, 0) is 24.8 Å². The summed E-state index contributed by atoms with van der Waals surface area (Å²) in [6.45, 7) is 6.87. The fraction of sp³-hybridized carbons (Fsp3) is 0.765. The van der Waals surface area contributed by atoms with E-state index in [0.29, 0.717) is 6.17 Å². The van der Waals surface area contributed by atoms with Gasteiger partial charge < -0.3 is 9.80 Å². The molecule has 1 aliphatic heterocycles. The SMILES string of the molecule is CCCCCCCCCCCCCCN1C=CN(Cc2ccccc2)C1CCCCCCCCCC. The molecule has 206 valence electrons. The van der Waals surface area contributed by atoms with E-state index in [1.165, 1.54) is 147 Å². The summed E-state index contributed by atoms with van der Waals surface area (Å²) in [6, 6.07) is 11.0. The first-order valence-electron chi connectivity index (χ1n) is 16.1. The highest BCUT2D eigenvalue weighted by atomic mass is 15.4. The van der Waals surface area contributed by atoms with Gasteiger partial charge in [-0.1, -0.05) is 160 Å². The zero-order valence-corrected chi connectivity index (χ0v) is 24.3. The minimum atomic E-state index is 0.554. The summed E-state index contributed by atoms with van der Waals surface area (Å²) < 4.78 is 0. The molecule has 0 bridgehead atoms. The predicted octanol–water partition coefficient (Wildman–Crippen LogP) is 10.8. The van der Waals surface area contributed by atoms with Gasteiger partial charge in [0.2, 0.25) is 0 Å². The normalized spacial score (nSPS) is 15.3. The molecule has 2 heteroatoms. The van der Waals surface area contributed by atoms with E-state index in [-0.39, 0.29) is 0 Å². The van der Waals surface area contributed by atoms with E-state index >= 15 is 0 Å². The van der Waals surface area contributed by atoms with Gasteiger partial charge in [-0.25, -0.2) is 0 Å². The summed E-state index contributed by atoms with van der Waals surface area (Å²) in [6.07, 6.45) is 34.9. The minimum absolute atomic E-state index is 0.554. The van der Waals surface area contributed by atoms with Gasteiger partial charge in [0.15, 0.2) is 0 Å². The van der Waals surface area contributed by atoms with Crippen LogP contribution in [0.4, 0.5) is 0 Å². The van der Waals surface area contributed by atoms with Gasteiger partial charge in [-0.15, -0.1) is 0 Å². The molecular formula is C34H60N2. The van der Waals surface area contributed by atoms with Crippen LogP contribution >= 0.6 is 0 Å². The first kappa shape index (κ1) is 30.8. The summed E-state index contributed by atoms with van der Waals surface area (Å²) in [7, 11) is 0. The number of rotatable bonds is 24. The maximum atomic E-state index is 2.65. The van der Waals surface area contributed by atoms with Crippen molar-refractivity contribution in [1.82, 2.24) is 9.80 Å². The summed E-state index contributed by atoms with van der Waals surface area (Å²) in [5.74, 6) is 0. The van der Waals surface area contributed by atoms with Gasteiger partial charge in [0, 0.05) is 25.5 Å². The molecule has 0 N–H and O–H groups in total. The molecule has 0 saturated carbocycles.